The van der Waals surface area contributed by atoms with Gasteiger partial charge in [-0.15, -0.1) is 0 Å². The molecule has 214 valence electrons. The Bertz CT molecular complexity index is 987. The number of halogens is 1. The number of amides is 1. The Morgan fingerprint density at radius 3 is 2.21 bits per heavy atom. The van der Waals surface area contributed by atoms with E-state index in [1.807, 2.05) is 0 Å². The third-order valence-corrected chi connectivity index (χ3v) is 7.11. The van der Waals surface area contributed by atoms with Crippen molar-refractivity contribution in [3.63, 3.8) is 0 Å². The highest BCUT2D eigenvalue weighted by atomic mass is 19.1. The quantitative estimate of drug-likeness (QED) is 0.104. The van der Waals surface area contributed by atoms with E-state index >= 15 is 0 Å². The number of rotatable bonds is 17. The Labute approximate surface area is 232 Å². The summed E-state index contributed by atoms with van der Waals surface area (Å²) in [6.07, 6.45) is 9.14. The van der Waals surface area contributed by atoms with Gasteiger partial charge in [0.2, 0.25) is 5.91 Å². The second kappa shape index (κ2) is 17.6. The van der Waals surface area contributed by atoms with Gasteiger partial charge in [-0.2, -0.15) is 0 Å². The van der Waals surface area contributed by atoms with E-state index in [0.717, 1.165) is 43.2 Å². The first-order chi connectivity index (χ1) is 19.0. The average molecular weight is 540 g/mol. The minimum absolute atomic E-state index is 0.0422. The second-order valence-corrected chi connectivity index (χ2v) is 10.4. The van der Waals surface area contributed by atoms with Gasteiger partial charge < -0.3 is 32.7 Å². The summed E-state index contributed by atoms with van der Waals surface area (Å²) in [5.74, 6) is -0.329. The normalized spacial score (nSPS) is 14.6. The molecule has 1 aliphatic carbocycles. The van der Waals surface area contributed by atoms with Crippen LogP contribution in [0.2, 0.25) is 0 Å². The summed E-state index contributed by atoms with van der Waals surface area (Å²) in [5.41, 5.74) is 14.0. The third kappa shape index (κ3) is 12.6. The van der Waals surface area contributed by atoms with Crippen molar-refractivity contribution in [1.82, 2.24) is 21.3 Å². The van der Waals surface area contributed by atoms with Gasteiger partial charge in [0.05, 0.1) is 6.04 Å². The lowest BCUT2D eigenvalue weighted by Crippen LogP contribution is -2.43. The van der Waals surface area contributed by atoms with E-state index < -0.39 is 6.04 Å². The zero-order valence-corrected chi connectivity index (χ0v) is 23.1. The van der Waals surface area contributed by atoms with Crippen molar-refractivity contribution < 1.29 is 9.18 Å². The van der Waals surface area contributed by atoms with Crippen LogP contribution < -0.4 is 32.7 Å². The first-order valence-corrected chi connectivity index (χ1v) is 14.3. The molecule has 2 aromatic rings. The summed E-state index contributed by atoms with van der Waals surface area (Å²) >= 11 is 0. The SMILES string of the molecule is NC(N)=NCCC[C@H](NCc1ccc(F)cc1)C(=O)NCc1ccc(CNCCCNC2CCCCC2)cc1. The Kier molecular flexibility index (Phi) is 13.7. The predicted molar refractivity (Wildman–Crippen MR) is 156 cm³/mol. The minimum Gasteiger partial charge on any atom is -0.370 e. The fourth-order valence-corrected chi connectivity index (χ4v) is 4.82. The number of carbonyl (C=O) groups excluding carboxylic acids is 1. The summed E-state index contributed by atoms with van der Waals surface area (Å²) in [7, 11) is 0. The third-order valence-electron chi connectivity index (χ3n) is 7.11. The van der Waals surface area contributed by atoms with Crippen LogP contribution in [0.5, 0.6) is 0 Å². The van der Waals surface area contributed by atoms with Crippen LogP contribution in [0, 0.1) is 5.82 Å². The van der Waals surface area contributed by atoms with Gasteiger partial charge in [-0.1, -0.05) is 55.7 Å². The molecule has 0 spiro atoms. The topological polar surface area (TPSA) is 130 Å². The summed E-state index contributed by atoms with van der Waals surface area (Å²) in [5, 5.41) is 13.5. The highest BCUT2D eigenvalue weighted by molar-refractivity contribution is 5.81. The standard InChI is InChI=1S/C30H46FN7O/c31-26-15-13-25(14-16-26)21-37-28(8-4-18-36-30(32)33)29(39)38-22-24-11-9-23(10-12-24)20-34-17-5-19-35-27-6-2-1-3-7-27/h9-16,27-28,34-35,37H,1-8,17-22H2,(H,38,39)(H4,32,33,36)/t28-/m0/s1. The van der Waals surface area contributed by atoms with Crippen LogP contribution in [0.3, 0.4) is 0 Å². The molecule has 1 atom stereocenters. The molecule has 1 amide bonds. The molecule has 1 aliphatic rings. The number of nitrogens with zero attached hydrogens (tertiary/aromatic N) is 1. The molecule has 1 fully saturated rings. The van der Waals surface area contributed by atoms with Gasteiger partial charge in [0.25, 0.3) is 0 Å². The molecule has 39 heavy (non-hydrogen) atoms. The Hall–Kier alpha value is -3.01. The maximum atomic E-state index is 13.2. The predicted octanol–water partition coefficient (Wildman–Crippen LogP) is 3.06. The Morgan fingerprint density at radius 2 is 1.51 bits per heavy atom. The van der Waals surface area contributed by atoms with Crippen molar-refractivity contribution in [3.8, 4) is 0 Å². The number of guanidine groups is 1. The number of benzene rings is 2. The van der Waals surface area contributed by atoms with Gasteiger partial charge in [0.1, 0.15) is 5.82 Å². The van der Waals surface area contributed by atoms with Crippen molar-refractivity contribution in [2.45, 2.75) is 83.1 Å². The van der Waals surface area contributed by atoms with Crippen molar-refractivity contribution in [1.29, 1.82) is 0 Å². The second-order valence-electron chi connectivity index (χ2n) is 10.4. The summed E-state index contributed by atoms with van der Waals surface area (Å²) in [4.78, 5) is 17.0. The van der Waals surface area contributed by atoms with Gasteiger partial charge in [-0.3, -0.25) is 9.79 Å². The summed E-state index contributed by atoms with van der Waals surface area (Å²) < 4.78 is 13.2. The maximum Gasteiger partial charge on any atom is 0.237 e. The van der Waals surface area contributed by atoms with Crippen molar-refractivity contribution in [2.24, 2.45) is 16.5 Å². The fourth-order valence-electron chi connectivity index (χ4n) is 4.82. The number of carbonyl (C=O) groups is 1. The molecule has 0 radical (unpaired) electrons. The molecule has 0 saturated heterocycles. The maximum absolute atomic E-state index is 13.2. The molecule has 0 aliphatic heterocycles. The van der Waals surface area contributed by atoms with E-state index in [4.69, 9.17) is 11.5 Å². The van der Waals surface area contributed by atoms with E-state index in [1.54, 1.807) is 12.1 Å². The molecule has 2 aromatic carbocycles. The fraction of sp³-hybridized carbons (Fsp3) is 0.533. The lowest BCUT2D eigenvalue weighted by molar-refractivity contribution is -0.123. The van der Waals surface area contributed by atoms with Gasteiger partial charge in [-0.25, -0.2) is 4.39 Å². The molecule has 3 rings (SSSR count). The van der Waals surface area contributed by atoms with Crippen LogP contribution in [0.1, 0.15) is 68.1 Å². The minimum atomic E-state index is -0.416. The van der Waals surface area contributed by atoms with Crippen LogP contribution in [-0.2, 0) is 24.4 Å². The number of hydrogen-bond donors (Lipinski definition) is 6. The van der Waals surface area contributed by atoms with Crippen molar-refractivity contribution >= 4 is 11.9 Å². The highest BCUT2D eigenvalue weighted by Crippen LogP contribution is 2.17. The van der Waals surface area contributed by atoms with E-state index in [9.17, 15) is 9.18 Å². The monoisotopic (exact) mass is 539 g/mol. The highest BCUT2D eigenvalue weighted by Gasteiger charge is 2.17. The molecule has 8 N–H and O–H groups in total. The zero-order chi connectivity index (χ0) is 27.7. The molecule has 0 heterocycles. The first kappa shape index (κ1) is 30.5. The number of nitrogens with one attached hydrogen (secondary N) is 4. The summed E-state index contributed by atoms with van der Waals surface area (Å²) in [6.45, 7) is 4.26. The van der Waals surface area contributed by atoms with E-state index in [0.29, 0.717) is 32.5 Å². The molecular weight excluding hydrogens is 493 g/mol. The van der Waals surface area contributed by atoms with Crippen LogP contribution in [0.4, 0.5) is 4.39 Å². The average Bonchev–Trinajstić information content (AvgIpc) is 2.95. The van der Waals surface area contributed by atoms with Gasteiger partial charge in [-0.05, 0) is 74.0 Å². The van der Waals surface area contributed by atoms with Crippen molar-refractivity contribution in [2.75, 3.05) is 19.6 Å². The van der Waals surface area contributed by atoms with E-state index in [-0.39, 0.29) is 17.7 Å². The van der Waals surface area contributed by atoms with Gasteiger partial charge in [0.15, 0.2) is 5.96 Å². The lowest BCUT2D eigenvalue weighted by Gasteiger charge is -2.22. The summed E-state index contributed by atoms with van der Waals surface area (Å²) in [6, 6.07) is 14.9. The largest absolute Gasteiger partial charge is 0.370 e. The van der Waals surface area contributed by atoms with Crippen LogP contribution in [0.15, 0.2) is 53.5 Å². The molecule has 0 aromatic heterocycles. The molecule has 8 nitrogen and oxygen atoms in total. The zero-order valence-electron chi connectivity index (χ0n) is 23.1. The number of hydrogen-bond acceptors (Lipinski definition) is 5. The molecule has 0 unspecified atom stereocenters. The van der Waals surface area contributed by atoms with Gasteiger partial charge in [0, 0.05) is 32.2 Å². The molecular formula is C30H46FN7O. The Balaban J connectivity index is 1.37. The number of aliphatic imine (C=N–C) groups is 1. The van der Waals surface area contributed by atoms with Crippen LogP contribution in [-0.4, -0.2) is 43.6 Å². The molecule has 9 heteroatoms. The van der Waals surface area contributed by atoms with Gasteiger partial charge >= 0.3 is 0 Å². The van der Waals surface area contributed by atoms with E-state index in [1.165, 1.54) is 49.8 Å². The van der Waals surface area contributed by atoms with Crippen molar-refractivity contribution in [3.05, 3.63) is 71.0 Å². The lowest BCUT2D eigenvalue weighted by atomic mass is 9.95. The molecule has 0 bridgehead atoms. The molecule has 1 saturated carbocycles. The van der Waals surface area contributed by atoms with Crippen LogP contribution >= 0.6 is 0 Å². The Morgan fingerprint density at radius 1 is 0.872 bits per heavy atom. The first-order valence-electron chi connectivity index (χ1n) is 14.3. The smallest absolute Gasteiger partial charge is 0.237 e. The van der Waals surface area contributed by atoms with Crippen LogP contribution in [0.25, 0.3) is 0 Å². The number of nitrogens with two attached hydrogens (primary N) is 2. The van der Waals surface area contributed by atoms with E-state index in [2.05, 4.69) is 50.5 Å².